The van der Waals surface area contributed by atoms with E-state index in [0.29, 0.717) is 32.7 Å². The van der Waals surface area contributed by atoms with Gasteiger partial charge in [0.25, 0.3) is 0 Å². The van der Waals surface area contributed by atoms with E-state index in [1.54, 1.807) is 14.7 Å². The fourth-order valence-corrected chi connectivity index (χ4v) is 3.60. The third kappa shape index (κ3) is 4.40. The lowest BCUT2D eigenvalue weighted by atomic mass is 10.1. The fourth-order valence-electron chi connectivity index (χ4n) is 3.60. The Morgan fingerprint density at radius 2 is 1.97 bits per heavy atom. The van der Waals surface area contributed by atoms with Gasteiger partial charge >= 0.3 is 6.18 Å². The lowest BCUT2D eigenvalue weighted by Crippen LogP contribution is -2.54. The number of anilines is 2. The van der Waals surface area contributed by atoms with Crippen molar-refractivity contribution in [2.75, 3.05) is 62.2 Å². The smallest absolute Gasteiger partial charge is 0.365 e. The van der Waals surface area contributed by atoms with Gasteiger partial charge in [0.15, 0.2) is 5.69 Å². The molecule has 29 heavy (non-hydrogen) atoms. The number of carbonyl (C=O) groups is 1. The van der Waals surface area contributed by atoms with Gasteiger partial charge in [-0.15, -0.1) is 0 Å². The standard InChI is InChI=1S/C18H25F3N6O2/c1-12-2-5-27(12)17-23-14(18(19,20)21)8-15(24-17)26-9-13(10-26)29-11-16(28)25-6-3-22-4-7-25/h8,12-13,22H,2-7,9-11H2,1H3/t12-/m0/s1. The van der Waals surface area contributed by atoms with E-state index in [2.05, 4.69) is 15.3 Å². The second-order valence-electron chi connectivity index (χ2n) is 7.71. The van der Waals surface area contributed by atoms with Gasteiger partial charge in [0, 0.05) is 57.9 Å². The van der Waals surface area contributed by atoms with E-state index in [0.717, 1.165) is 25.6 Å². The number of nitrogens with one attached hydrogen (secondary N) is 1. The highest BCUT2D eigenvalue weighted by Gasteiger charge is 2.38. The molecule has 11 heteroatoms. The molecule has 1 N–H and O–H groups in total. The molecule has 160 valence electrons. The van der Waals surface area contributed by atoms with Crippen molar-refractivity contribution in [1.82, 2.24) is 20.2 Å². The molecule has 0 unspecified atom stereocenters. The zero-order valence-corrected chi connectivity index (χ0v) is 16.3. The Kier molecular flexibility index (Phi) is 5.52. The van der Waals surface area contributed by atoms with Crippen molar-refractivity contribution in [1.29, 1.82) is 0 Å². The minimum absolute atomic E-state index is 0.00732. The van der Waals surface area contributed by atoms with Crippen LogP contribution in [0.3, 0.4) is 0 Å². The topological polar surface area (TPSA) is 73.8 Å². The average Bonchev–Trinajstić information content (AvgIpc) is 2.65. The number of carbonyl (C=O) groups excluding carboxylic acids is 1. The Balaban J connectivity index is 1.35. The summed E-state index contributed by atoms with van der Waals surface area (Å²) in [6.07, 6.45) is -3.82. The number of alkyl halides is 3. The summed E-state index contributed by atoms with van der Waals surface area (Å²) < 4.78 is 45.5. The van der Waals surface area contributed by atoms with Gasteiger partial charge in [0.05, 0.1) is 6.10 Å². The molecule has 0 aromatic carbocycles. The highest BCUT2D eigenvalue weighted by molar-refractivity contribution is 5.77. The van der Waals surface area contributed by atoms with Gasteiger partial charge in [-0.25, -0.2) is 4.98 Å². The first-order valence-electron chi connectivity index (χ1n) is 9.89. The number of nitrogens with zero attached hydrogens (tertiary/aromatic N) is 5. The normalized spacial score (nSPS) is 23.0. The first-order valence-corrected chi connectivity index (χ1v) is 9.89. The number of halogens is 3. The van der Waals surface area contributed by atoms with E-state index < -0.39 is 11.9 Å². The minimum atomic E-state index is -4.53. The van der Waals surface area contributed by atoms with Gasteiger partial charge in [-0.3, -0.25) is 4.79 Å². The largest absolute Gasteiger partial charge is 0.433 e. The monoisotopic (exact) mass is 414 g/mol. The zero-order valence-electron chi connectivity index (χ0n) is 16.3. The second kappa shape index (κ2) is 7.94. The molecule has 1 amide bonds. The summed E-state index contributed by atoms with van der Waals surface area (Å²) in [4.78, 5) is 25.5. The van der Waals surface area contributed by atoms with E-state index in [-0.39, 0.29) is 36.4 Å². The molecule has 8 nitrogen and oxygen atoms in total. The number of hydrogen-bond donors (Lipinski definition) is 1. The zero-order chi connectivity index (χ0) is 20.6. The van der Waals surface area contributed by atoms with Crippen molar-refractivity contribution in [3.8, 4) is 0 Å². The molecule has 1 aromatic heterocycles. The predicted octanol–water partition coefficient (Wildman–Crippen LogP) is 0.731. The van der Waals surface area contributed by atoms with Gasteiger partial charge in [-0.05, 0) is 13.3 Å². The van der Waals surface area contributed by atoms with E-state index in [1.165, 1.54) is 0 Å². The van der Waals surface area contributed by atoms with Crippen LogP contribution in [0.1, 0.15) is 19.0 Å². The van der Waals surface area contributed by atoms with E-state index in [4.69, 9.17) is 4.74 Å². The molecule has 4 rings (SSSR count). The molecule has 1 atom stereocenters. The molecular formula is C18H25F3N6O2. The van der Waals surface area contributed by atoms with E-state index >= 15 is 0 Å². The lowest BCUT2D eigenvalue weighted by Gasteiger charge is -2.42. The van der Waals surface area contributed by atoms with Gasteiger partial charge in [0.1, 0.15) is 12.4 Å². The van der Waals surface area contributed by atoms with Crippen LogP contribution >= 0.6 is 0 Å². The van der Waals surface area contributed by atoms with Crippen LogP contribution in [0.4, 0.5) is 24.9 Å². The van der Waals surface area contributed by atoms with Crippen molar-refractivity contribution < 1.29 is 22.7 Å². The van der Waals surface area contributed by atoms with Crippen molar-refractivity contribution in [3.05, 3.63) is 11.8 Å². The van der Waals surface area contributed by atoms with Crippen LogP contribution in [0.2, 0.25) is 0 Å². The maximum Gasteiger partial charge on any atom is 0.433 e. The number of aromatic nitrogens is 2. The van der Waals surface area contributed by atoms with Crippen molar-refractivity contribution >= 4 is 17.7 Å². The predicted molar refractivity (Wildman–Crippen MR) is 99.9 cm³/mol. The fraction of sp³-hybridized carbons (Fsp3) is 0.722. The van der Waals surface area contributed by atoms with Crippen LogP contribution in [0, 0.1) is 0 Å². The highest BCUT2D eigenvalue weighted by Crippen LogP contribution is 2.34. The molecule has 0 spiro atoms. The Hall–Kier alpha value is -2.14. The maximum absolute atomic E-state index is 13.3. The molecular weight excluding hydrogens is 389 g/mol. The third-order valence-electron chi connectivity index (χ3n) is 5.65. The van der Waals surface area contributed by atoms with Crippen LogP contribution in [0.25, 0.3) is 0 Å². The van der Waals surface area contributed by atoms with Gasteiger partial charge in [-0.1, -0.05) is 0 Å². The van der Waals surface area contributed by atoms with Crippen LogP contribution in [0.15, 0.2) is 6.07 Å². The Labute approximate surface area is 167 Å². The highest BCUT2D eigenvalue weighted by atomic mass is 19.4. The Bertz CT molecular complexity index is 750. The lowest BCUT2D eigenvalue weighted by molar-refractivity contribution is -0.141. The third-order valence-corrected chi connectivity index (χ3v) is 5.65. The van der Waals surface area contributed by atoms with Crippen molar-refractivity contribution in [2.24, 2.45) is 0 Å². The van der Waals surface area contributed by atoms with Crippen molar-refractivity contribution in [3.63, 3.8) is 0 Å². The molecule has 0 aliphatic carbocycles. The summed E-state index contributed by atoms with van der Waals surface area (Å²) in [5, 5.41) is 3.18. The molecule has 0 bridgehead atoms. The molecule has 3 aliphatic rings. The van der Waals surface area contributed by atoms with E-state index in [1.807, 2.05) is 6.92 Å². The summed E-state index contributed by atoms with van der Waals surface area (Å²) in [7, 11) is 0. The number of rotatable bonds is 5. The summed E-state index contributed by atoms with van der Waals surface area (Å²) in [5.41, 5.74) is -0.935. The van der Waals surface area contributed by atoms with Crippen LogP contribution in [-0.4, -0.2) is 85.3 Å². The number of amides is 1. The summed E-state index contributed by atoms with van der Waals surface area (Å²) in [5.74, 6) is 0.307. The molecule has 0 saturated carbocycles. The van der Waals surface area contributed by atoms with Gasteiger partial charge in [-0.2, -0.15) is 18.2 Å². The van der Waals surface area contributed by atoms with Crippen molar-refractivity contribution in [2.45, 2.75) is 31.7 Å². The van der Waals surface area contributed by atoms with Crippen LogP contribution < -0.4 is 15.1 Å². The van der Waals surface area contributed by atoms with Crippen LogP contribution in [-0.2, 0) is 15.7 Å². The molecule has 0 radical (unpaired) electrons. The Morgan fingerprint density at radius 3 is 2.55 bits per heavy atom. The SMILES string of the molecule is C[C@H]1CCN1c1nc(N2CC(OCC(=O)N3CCNCC3)C2)cc(C(F)(F)F)n1. The summed E-state index contributed by atoms with van der Waals surface area (Å²) in [6, 6.07) is 1.12. The second-order valence-corrected chi connectivity index (χ2v) is 7.71. The van der Waals surface area contributed by atoms with Gasteiger partial charge < -0.3 is 24.8 Å². The van der Waals surface area contributed by atoms with Crippen LogP contribution in [0.5, 0.6) is 0 Å². The molecule has 3 saturated heterocycles. The molecule has 4 heterocycles. The molecule has 3 fully saturated rings. The minimum Gasteiger partial charge on any atom is -0.365 e. The Morgan fingerprint density at radius 1 is 1.24 bits per heavy atom. The first kappa shape index (κ1) is 20.1. The number of piperazine rings is 1. The van der Waals surface area contributed by atoms with Gasteiger partial charge in [0.2, 0.25) is 11.9 Å². The summed E-state index contributed by atoms with van der Waals surface area (Å²) >= 11 is 0. The molecule has 3 aliphatic heterocycles. The van der Waals surface area contributed by atoms with E-state index in [9.17, 15) is 18.0 Å². The quantitative estimate of drug-likeness (QED) is 0.762. The average molecular weight is 414 g/mol. The summed E-state index contributed by atoms with van der Waals surface area (Å²) in [6.45, 7) is 6.27. The number of hydrogen-bond acceptors (Lipinski definition) is 7. The number of ether oxygens (including phenoxy) is 1. The molecule has 1 aromatic rings. The maximum atomic E-state index is 13.3. The first-order chi connectivity index (χ1) is 13.8.